The number of likely N-dealkylation sites (tertiary alicyclic amines) is 1. The lowest BCUT2D eigenvalue weighted by molar-refractivity contribution is -0.132. The molecular weight excluding hydrogens is 218 g/mol. The molecule has 1 amide bonds. The summed E-state index contributed by atoms with van der Waals surface area (Å²) >= 11 is 0. The normalized spacial score (nSPS) is 38.8. The van der Waals surface area contributed by atoms with Crippen molar-refractivity contribution >= 4 is 5.91 Å². The Hall–Kier alpha value is -0.610. The average Bonchev–Trinajstić information content (AvgIpc) is 2.58. The van der Waals surface area contributed by atoms with Gasteiger partial charge in [0.2, 0.25) is 5.91 Å². The second-order valence-corrected chi connectivity index (χ2v) is 5.71. The summed E-state index contributed by atoms with van der Waals surface area (Å²) in [5.41, 5.74) is -0.717. The van der Waals surface area contributed by atoms with Crippen molar-refractivity contribution in [2.24, 2.45) is 5.92 Å². The molecule has 1 aliphatic heterocycles. The van der Waals surface area contributed by atoms with E-state index in [-0.39, 0.29) is 12.3 Å². The molecular formula is C13H23NO3. The average molecular weight is 241 g/mol. The summed E-state index contributed by atoms with van der Waals surface area (Å²) in [6.45, 7) is 2.98. The zero-order valence-electron chi connectivity index (χ0n) is 10.6. The molecule has 17 heavy (non-hydrogen) atoms. The maximum atomic E-state index is 11.6. The highest BCUT2D eigenvalue weighted by atomic mass is 16.3. The fourth-order valence-corrected chi connectivity index (χ4v) is 3.04. The van der Waals surface area contributed by atoms with E-state index >= 15 is 0 Å². The van der Waals surface area contributed by atoms with Crippen LogP contribution in [0.25, 0.3) is 0 Å². The maximum absolute atomic E-state index is 11.6. The van der Waals surface area contributed by atoms with Gasteiger partial charge in [-0.05, 0) is 31.6 Å². The zero-order valence-corrected chi connectivity index (χ0v) is 10.6. The largest absolute Gasteiger partial charge is 0.391 e. The molecule has 1 aliphatic carbocycles. The molecule has 98 valence electrons. The van der Waals surface area contributed by atoms with Gasteiger partial charge in [-0.3, -0.25) is 4.79 Å². The van der Waals surface area contributed by atoms with Gasteiger partial charge in [-0.25, -0.2) is 0 Å². The number of rotatable bonds is 3. The quantitative estimate of drug-likeness (QED) is 0.772. The molecule has 1 saturated carbocycles. The van der Waals surface area contributed by atoms with Crippen molar-refractivity contribution in [1.29, 1.82) is 0 Å². The Morgan fingerprint density at radius 3 is 2.53 bits per heavy atom. The minimum absolute atomic E-state index is 0.0245. The van der Waals surface area contributed by atoms with Crippen molar-refractivity contribution in [3.63, 3.8) is 0 Å². The minimum Gasteiger partial charge on any atom is -0.391 e. The molecule has 2 aliphatic rings. The van der Waals surface area contributed by atoms with Gasteiger partial charge in [0, 0.05) is 13.1 Å². The summed E-state index contributed by atoms with van der Waals surface area (Å²) in [4.78, 5) is 13.2. The number of carbonyl (C=O) groups excluding carboxylic acids is 1. The first kappa shape index (κ1) is 12.8. The Morgan fingerprint density at radius 1 is 1.41 bits per heavy atom. The number of hydrogen-bond acceptors (Lipinski definition) is 3. The Labute approximate surface area is 103 Å². The summed E-state index contributed by atoms with van der Waals surface area (Å²) in [6.07, 6.45) is 4.52. The number of amides is 1. The number of nitrogens with zero attached hydrogens (tertiary/aromatic N) is 1. The van der Waals surface area contributed by atoms with E-state index in [1.807, 2.05) is 0 Å². The van der Waals surface area contributed by atoms with Crippen LogP contribution in [0.1, 0.15) is 45.4 Å². The lowest BCUT2D eigenvalue weighted by atomic mass is 9.77. The molecule has 0 aromatic carbocycles. The van der Waals surface area contributed by atoms with Crippen molar-refractivity contribution in [3.05, 3.63) is 0 Å². The van der Waals surface area contributed by atoms with Gasteiger partial charge in [-0.15, -0.1) is 0 Å². The second-order valence-electron chi connectivity index (χ2n) is 5.71. The number of β-amino-alcohol motifs (C(OH)–C–C–N with tert-alkyl or cyclic N) is 2. The standard InChI is InChI=1S/C13H23NO3/c1-2-10-3-5-13(17,6-4-10)9-14-8-11(15)7-12(14)16/h10-11,15,17H,2-9H2,1H3. The first-order chi connectivity index (χ1) is 8.02. The number of carbonyl (C=O) groups is 1. The minimum atomic E-state index is -0.717. The van der Waals surface area contributed by atoms with Gasteiger partial charge in [0.15, 0.2) is 0 Å². The third kappa shape index (κ3) is 2.99. The van der Waals surface area contributed by atoms with Crippen LogP contribution in [0.2, 0.25) is 0 Å². The van der Waals surface area contributed by atoms with E-state index in [2.05, 4.69) is 6.92 Å². The summed E-state index contributed by atoms with van der Waals surface area (Å²) in [5, 5.41) is 19.9. The Bertz CT molecular complexity index is 284. The van der Waals surface area contributed by atoms with Crippen LogP contribution < -0.4 is 0 Å². The maximum Gasteiger partial charge on any atom is 0.225 e. The monoisotopic (exact) mass is 241 g/mol. The molecule has 1 heterocycles. The lowest BCUT2D eigenvalue weighted by Gasteiger charge is -2.38. The van der Waals surface area contributed by atoms with Crippen LogP contribution in [-0.4, -0.2) is 45.8 Å². The van der Waals surface area contributed by atoms with Gasteiger partial charge in [-0.2, -0.15) is 0 Å². The van der Waals surface area contributed by atoms with E-state index in [0.29, 0.717) is 13.1 Å². The highest BCUT2D eigenvalue weighted by molar-refractivity contribution is 5.79. The molecule has 2 N–H and O–H groups in total. The third-order valence-electron chi connectivity index (χ3n) is 4.29. The fraction of sp³-hybridized carbons (Fsp3) is 0.923. The smallest absolute Gasteiger partial charge is 0.225 e. The van der Waals surface area contributed by atoms with Crippen LogP contribution in [0, 0.1) is 5.92 Å². The van der Waals surface area contributed by atoms with E-state index in [1.54, 1.807) is 4.90 Å². The summed E-state index contributed by atoms with van der Waals surface area (Å²) in [6, 6.07) is 0. The van der Waals surface area contributed by atoms with Gasteiger partial charge >= 0.3 is 0 Å². The van der Waals surface area contributed by atoms with Crippen LogP contribution in [0.15, 0.2) is 0 Å². The molecule has 0 aromatic rings. The SMILES string of the molecule is CCC1CCC(O)(CN2CC(O)CC2=O)CC1. The summed E-state index contributed by atoms with van der Waals surface area (Å²) in [7, 11) is 0. The Kier molecular flexibility index (Phi) is 3.73. The van der Waals surface area contributed by atoms with Crippen molar-refractivity contribution in [3.8, 4) is 0 Å². The number of aliphatic hydroxyl groups is 2. The molecule has 0 radical (unpaired) electrons. The zero-order chi connectivity index (χ0) is 12.5. The number of aliphatic hydroxyl groups excluding tert-OH is 1. The van der Waals surface area contributed by atoms with E-state index in [1.165, 1.54) is 6.42 Å². The fourth-order valence-electron chi connectivity index (χ4n) is 3.04. The molecule has 0 bridgehead atoms. The van der Waals surface area contributed by atoms with E-state index in [4.69, 9.17) is 0 Å². The highest BCUT2D eigenvalue weighted by Gasteiger charge is 2.38. The first-order valence-corrected chi connectivity index (χ1v) is 6.70. The van der Waals surface area contributed by atoms with E-state index < -0.39 is 11.7 Å². The predicted octanol–water partition coefficient (Wildman–Crippen LogP) is 0.911. The lowest BCUT2D eigenvalue weighted by Crippen LogP contribution is -2.46. The predicted molar refractivity (Wildman–Crippen MR) is 64.4 cm³/mol. The van der Waals surface area contributed by atoms with Crippen LogP contribution >= 0.6 is 0 Å². The van der Waals surface area contributed by atoms with Gasteiger partial charge in [-0.1, -0.05) is 13.3 Å². The molecule has 4 heteroatoms. The van der Waals surface area contributed by atoms with Crippen LogP contribution in [0.3, 0.4) is 0 Å². The molecule has 1 unspecified atom stereocenters. The van der Waals surface area contributed by atoms with Crippen molar-refractivity contribution in [2.45, 2.75) is 57.2 Å². The second kappa shape index (κ2) is 4.94. The van der Waals surface area contributed by atoms with E-state index in [0.717, 1.165) is 31.6 Å². The van der Waals surface area contributed by atoms with Crippen LogP contribution in [-0.2, 0) is 4.79 Å². The summed E-state index contributed by atoms with van der Waals surface area (Å²) in [5.74, 6) is 0.707. The Morgan fingerprint density at radius 2 is 2.06 bits per heavy atom. The van der Waals surface area contributed by atoms with Crippen LogP contribution in [0.5, 0.6) is 0 Å². The Balaban J connectivity index is 1.88. The van der Waals surface area contributed by atoms with Gasteiger partial charge in [0.1, 0.15) is 0 Å². The molecule has 4 nitrogen and oxygen atoms in total. The van der Waals surface area contributed by atoms with Crippen molar-refractivity contribution in [1.82, 2.24) is 4.90 Å². The molecule has 2 fully saturated rings. The summed E-state index contributed by atoms with van der Waals surface area (Å²) < 4.78 is 0. The van der Waals surface area contributed by atoms with Crippen molar-refractivity contribution < 1.29 is 15.0 Å². The van der Waals surface area contributed by atoms with Crippen LogP contribution in [0.4, 0.5) is 0 Å². The highest BCUT2D eigenvalue weighted by Crippen LogP contribution is 2.34. The van der Waals surface area contributed by atoms with Gasteiger partial charge in [0.25, 0.3) is 0 Å². The molecule has 2 rings (SSSR count). The third-order valence-corrected chi connectivity index (χ3v) is 4.29. The molecule has 1 saturated heterocycles. The number of hydrogen-bond donors (Lipinski definition) is 2. The topological polar surface area (TPSA) is 60.8 Å². The molecule has 1 atom stereocenters. The van der Waals surface area contributed by atoms with Crippen molar-refractivity contribution in [2.75, 3.05) is 13.1 Å². The molecule has 0 aromatic heterocycles. The van der Waals surface area contributed by atoms with E-state index in [9.17, 15) is 15.0 Å². The van der Waals surface area contributed by atoms with Gasteiger partial charge < -0.3 is 15.1 Å². The van der Waals surface area contributed by atoms with Gasteiger partial charge in [0.05, 0.1) is 18.1 Å². The first-order valence-electron chi connectivity index (χ1n) is 6.70. The molecule has 0 spiro atoms.